The summed E-state index contributed by atoms with van der Waals surface area (Å²) in [5.41, 5.74) is -0.339. The lowest BCUT2D eigenvalue weighted by atomic mass is 9.86. The van der Waals surface area contributed by atoms with Gasteiger partial charge in [0.1, 0.15) is 0 Å². The maximum Gasteiger partial charge on any atom is 0.336 e. The number of rotatable bonds is 4. The fourth-order valence-corrected chi connectivity index (χ4v) is 4.11. The van der Waals surface area contributed by atoms with Crippen molar-refractivity contribution in [1.29, 1.82) is 0 Å². The number of hydrogen-bond donors (Lipinski definition) is 2. The van der Waals surface area contributed by atoms with Crippen LogP contribution in [-0.4, -0.2) is 27.5 Å². The first-order chi connectivity index (χ1) is 9.00. The number of halogens is 1. The van der Waals surface area contributed by atoms with E-state index in [1.54, 1.807) is 18.2 Å². The molecule has 2 rings (SSSR count). The van der Waals surface area contributed by atoms with Crippen LogP contribution in [0, 0.1) is 0 Å². The molecule has 0 aliphatic heterocycles. The van der Waals surface area contributed by atoms with Gasteiger partial charge in [-0.3, -0.25) is 0 Å². The summed E-state index contributed by atoms with van der Waals surface area (Å²) in [4.78, 5) is 11.9. The number of carboxylic acids is 1. The smallest absolute Gasteiger partial charge is 0.336 e. The van der Waals surface area contributed by atoms with Gasteiger partial charge in [0, 0.05) is 15.1 Å². The van der Waals surface area contributed by atoms with Gasteiger partial charge in [0.05, 0.1) is 11.2 Å². The van der Waals surface area contributed by atoms with E-state index in [1.807, 2.05) is 0 Å². The van der Waals surface area contributed by atoms with E-state index in [9.17, 15) is 9.90 Å². The van der Waals surface area contributed by atoms with Crippen LogP contribution < -0.4 is 0 Å². The van der Waals surface area contributed by atoms with Gasteiger partial charge in [-0.25, -0.2) is 4.79 Å². The Labute approximate surface area is 125 Å². The first-order valence-corrected chi connectivity index (χ1v) is 8.16. The van der Waals surface area contributed by atoms with Crippen molar-refractivity contribution in [2.75, 3.05) is 5.75 Å². The summed E-state index contributed by atoms with van der Waals surface area (Å²) in [5, 5.41) is 19.6. The zero-order valence-electron chi connectivity index (χ0n) is 10.6. The zero-order valence-corrected chi connectivity index (χ0v) is 13.0. The number of carbonyl (C=O) groups is 1. The van der Waals surface area contributed by atoms with E-state index in [0.717, 1.165) is 30.2 Å². The minimum atomic E-state index is -0.925. The highest BCUT2D eigenvalue weighted by Gasteiger charge is 2.29. The fourth-order valence-electron chi connectivity index (χ4n) is 2.36. The van der Waals surface area contributed by atoms with Crippen molar-refractivity contribution in [1.82, 2.24) is 0 Å². The molecule has 104 valence electrons. The Morgan fingerprint density at radius 1 is 1.32 bits per heavy atom. The van der Waals surface area contributed by atoms with Crippen LogP contribution in [0.4, 0.5) is 0 Å². The first kappa shape index (κ1) is 14.9. The molecular formula is C14H17BrO3S. The molecular weight excluding hydrogens is 328 g/mol. The molecule has 0 spiro atoms. The highest BCUT2D eigenvalue weighted by molar-refractivity contribution is 9.10. The predicted molar refractivity (Wildman–Crippen MR) is 79.9 cm³/mol. The lowest BCUT2D eigenvalue weighted by Crippen LogP contribution is -2.34. The lowest BCUT2D eigenvalue weighted by Gasteiger charge is -2.31. The van der Waals surface area contributed by atoms with E-state index in [2.05, 4.69) is 15.9 Å². The Morgan fingerprint density at radius 3 is 2.63 bits per heavy atom. The van der Waals surface area contributed by atoms with Crippen molar-refractivity contribution in [3.63, 3.8) is 0 Å². The molecule has 1 fully saturated rings. The second-order valence-corrected chi connectivity index (χ2v) is 6.95. The maximum absolute atomic E-state index is 11.2. The molecule has 0 amide bonds. The molecule has 1 aliphatic carbocycles. The summed E-state index contributed by atoms with van der Waals surface area (Å²) in [6, 6.07) is 5.13. The third kappa shape index (κ3) is 3.97. The Hall–Kier alpha value is -0.520. The topological polar surface area (TPSA) is 57.5 Å². The quantitative estimate of drug-likeness (QED) is 0.812. The van der Waals surface area contributed by atoms with Crippen LogP contribution in [-0.2, 0) is 0 Å². The SMILES string of the molecule is O=C(O)c1ccc(Br)cc1SCC1(O)CCCCC1. The minimum absolute atomic E-state index is 0.299. The van der Waals surface area contributed by atoms with Gasteiger partial charge in [0.2, 0.25) is 0 Å². The van der Waals surface area contributed by atoms with E-state index < -0.39 is 11.6 Å². The van der Waals surface area contributed by atoms with E-state index >= 15 is 0 Å². The van der Waals surface area contributed by atoms with Crippen molar-refractivity contribution >= 4 is 33.7 Å². The second kappa shape index (κ2) is 6.29. The number of aromatic carboxylic acids is 1. The van der Waals surface area contributed by atoms with E-state index in [0.29, 0.717) is 16.2 Å². The molecule has 5 heteroatoms. The Kier molecular flexibility index (Phi) is 4.92. The molecule has 3 nitrogen and oxygen atoms in total. The molecule has 1 aromatic carbocycles. The highest BCUT2D eigenvalue weighted by atomic mass is 79.9. The number of aliphatic hydroxyl groups is 1. The Bertz CT molecular complexity index is 470. The summed E-state index contributed by atoms with van der Waals surface area (Å²) in [6.07, 6.45) is 4.93. The monoisotopic (exact) mass is 344 g/mol. The third-order valence-electron chi connectivity index (χ3n) is 3.45. The highest BCUT2D eigenvalue weighted by Crippen LogP contribution is 2.35. The normalized spacial score (nSPS) is 18.2. The van der Waals surface area contributed by atoms with Gasteiger partial charge in [0.15, 0.2) is 0 Å². The van der Waals surface area contributed by atoms with Crippen molar-refractivity contribution in [2.24, 2.45) is 0 Å². The van der Waals surface area contributed by atoms with Crippen molar-refractivity contribution in [3.05, 3.63) is 28.2 Å². The molecule has 0 radical (unpaired) electrons. The number of thioether (sulfide) groups is 1. The van der Waals surface area contributed by atoms with Gasteiger partial charge in [-0.1, -0.05) is 35.2 Å². The molecule has 0 atom stereocenters. The van der Waals surface area contributed by atoms with Crippen molar-refractivity contribution in [3.8, 4) is 0 Å². The van der Waals surface area contributed by atoms with Crippen LogP contribution in [0.25, 0.3) is 0 Å². The van der Waals surface area contributed by atoms with Crippen LogP contribution in [0.3, 0.4) is 0 Å². The van der Waals surface area contributed by atoms with Crippen LogP contribution in [0.15, 0.2) is 27.6 Å². The molecule has 1 saturated carbocycles. The summed E-state index contributed by atoms with van der Waals surface area (Å²) in [7, 11) is 0. The van der Waals surface area contributed by atoms with Gasteiger partial charge >= 0.3 is 5.97 Å². The Balaban J connectivity index is 2.10. The average molecular weight is 345 g/mol. The predicted octanol–water partition coefficient (Wildman–Crippen LogP) is 3.93. The number of benzene rings is 1. The van der Waals surface area contributed by atoms with Gasteiger partial charge in [-0.2, -0.15) is 0 Å². The molecule has 1 aliphatic rings. The van der Waals surface area contributed by atoms with Crippen LogP contribution in [0.1, 0.15) is 42.5 Å². The van der Waals surface area contributed by atoms with Crippen molar-refractivity contribution < 1.29 is 15.0 Å². The first-order valence-electron chi connectivity index (χ1n) is 6.38. The van der Waals surface area contributed by atoms with Crippen molar-refractivity contribution in [2.45, 2.75) is 42.6 Å². The van der Waals surface area contributed by atoms with Gasteiger partial charge < -0.3 is 10.2 Å². The minimum Gasteiger partial charge on any atom is -0.478 e. The molecule has 0 saturated heterocycles. The molecule has 2 N–H and O–H groups in total. The van der Waals surface area contributed by atoms with Crippen LogP contribution in [0.2, 0.25) is 0 Å². The number of carboxylic acid groups (broad SMARTS) is 1. The van der Waals surface area contributed by atoms with E-state index in [4.69, 9.17) is 5.11 Å². The van der Waals surface area contributed by atoms with Gasteiger partial charge in [-0.05, 0) is 31.0 Å². The fraction of sp³-hybridized carbons (Fsp3) is 0.500. The van der Waals surface area contributed by atoms with Crippen LogP contribution in [0.5, 0.6) is 0 Å². The standard InChI is InChI=1S/C14H17BrO3S/c15-10-4-5-11(13(16)17)12(8-10)19-9-14(18)6-2-1-3-7-14/h4-5,8,18H,1-3,6-7,9H2,(H,16,17). The maximum atomic E-state index is 11.2. The number of hydrogen-bond acceptors (Lipinski definition) is 3. The zero-order chi connectivity index (χ0) is 13.9. The van der Waals surface area contributed by atoms with E-state index in [1.165, 1.54) is 18.2 Å². The summed E-state index contributed by atoms with van der Waals surface area (Å²) in [5.74, 6) is -0.366. The van der Waals surface area contributed by atoms with Crippen LogP contribution >= 0.6 is 27.7 Å². The van der Waals surface area contributed by atoms with E-state index in [-0.39, 0.29) is 0 Å². The second-order valence-electron chi connectivity index (χ2n) is 5.02. The summed E-state index contributed by atoms with van der Waals surface area (Å²) >= 11 is 4.79. The van der Waals surface area contributed by atoms with Gasteiger partial charge in [-0.15, -0.1) is 11.8 Å². The molecule has 1 aromatic rings. The largest absolute Gasteiger partial charge is 0.478 e. The molecule has 0 bridgehead atoms. The summed E-state index contributed by atoms with van der Waals surface area (Å²) in [6.45, 7) is 0. The summed E-state index contributed by atoms with van der Waals surface area (Å²) < 4.78 is 0.857. The van der Waals surface area contributed by atoms with Gasteiger partial charge in [0.25, 0.3) is 0 Å². The third-order valence-corrected chi connectivity index (χ3v) is 5.28. The molecule has 0 aromatic heterocycles. The lowest BCUT2D eigenvalue weighted by molar-refractivity contribution is 0.0272. The Morgan fingerprint density at radius 2 is 2.00 bits per heavy atom. The molecule has 0 heterocycles. The molecule has 0 unspecified atom stereocenters. The molecule has 19 heavy (non-hydrogen) atoms. The average Bonchev–Trinajstić information content (AvgIpc) is 2.37.